The maximum Gasteiger partial charge on any atom is 0.407 e. The van der Waals surface area contributed by atoms with Gasteiger partial charge in [0.05, 0.1) is 0 Å². The first-order valence-electron chi connectivity index (χ1n) is 7.46. The lowest BCUT2D eigenvalue weighted by molar-refractivity contribution is 0.0128. The topological polar surface area (TPSA) is 125 Å². The van der Waals surface area contributed by atoms with Crippen LogP contribution in [0.2, 0.25) is 0 Å². The number of aromatic amines is 1. The molecule has 0 spiro atoms. The van der Waals surface area contributed by atoms with Crippen molar-refractivity contribution in [1.29, 1.82) is 0 Å². The number of alkyl carbamates (subject to hydrolysis) is 1. The smallest absolute Gasteiger partial charge is 0.407 e. The molecule has 130 valence electrons. The van der Waals surface area contributed by atoms with Gasteiger partial charge >= 0.3 is 6.09 Å². The van der Waals surface area contributed by atoms with Gasteiger partial charge in [-0.1, -0.05) is 0 Å². The highest BCUT2D eigenvalue weighted by Crippen LogP contribution is 2.22. The Hall–Kier alpha value is -2.45. The van der Waals surface area contributed by atoms with Gasteiger partial charge < -0.3 is 25.3 Å². The molecular weight excluding hydrogens is 314 g/mol. The molecule has 0 fully saturated rings. The van der Waals surface area contributed by atoms with Crippen LogP contribution < -0.4 is 5.32 Å². The number of aliphatic hydroxyl groups excluding tert-OH is 2. The second kappa shape index (κ2) is 6.98. The van der Waals surface area contributed by atoms with Crippen molar-refractivity contribution in [2.24, 2.45) is 0 Å². The van der Waals surface area contributed by atoms with E-state index in [0.29, 0.717) is 28.4 Å². The molecule has 1 amide bonds. The van der Waals surface area contributed by atoms with Crippen molar-refractivity contribution in [3.63, 3.8) is 0 Å². The zero-order chi connectivity index (χ0) is 17.9. The Morgan fingerprint density at radius 2 is 2.17 bits per heavy atom. The van der Waals surface area contributed by atoms with Gasteiger partial charge in [-0.15, -0.1) is 0 Å². The Morgan fingerprint density at radius 3 is 2.79 bits per heavy atom. The Kier molecular flexibility index (Phi) is 5.20. The Morgan fingerprint density at radius 1 is 1.46 bits per heavy atom. The number of pyridine rings is 1. The average molecular weight is 335 g/mol. The number of rotatable bonds is 5. The van der Waals surface area contributed by atoms with Gasteiger partial charge in [0.15, 0.2) is 6.29 Å². The van der Waals surface area contributed by atoms with Crippen LogP contribution in [0, 0.1) is 0 Å². The lowest BCUT2D eigenvalue weighted by atomic mass is 10.0. The summed E-state index contributed by atoms with van der Waals surface area (Å²) < 4.78 is 5.05. The third kappa shape index (κ3) is 4.30. The van der Waals surface area contributed by atoms with E-state index in [2.05, 4.69) is 15.3 Å². The number of hydrogen-bond acceptors (Lipinski definition) is 6. The van der Waals surface area contributed by atoms with Crippen molar-refractivity contribution >= 4 is 23.4 Å². The Balaban J connectivity index is 2.03. The van der Waals surface area contributed by atoms with E-state index in [-0.39, 0.29) is 6.54 Å². The summed E-state index contributed by atoms with van der Waals surface area (Å²) in [7, 11) is 0. The van der Waals surface area contributed by atoms with Crippen LogP contribution in [0.3, 0.4) is 0 Å². The first-order valence-corrected chi connectivity index (χ1v) is 7.46. The zero-order valence-electron chi connectivity index (χ0n) is 13.7. The number of ether oxygens (including phenoxy) is 1. The van der Waals surface area contributed by atoms with Crippen LogP contribution in [0.5, 0.6) is 0 Å². The summed E-state index contributed by atoms with van der Waals surface area (Å²) in [5.74, 6) is 0. The van der Waals surface area contributed by atoms with Gasteiger partial charge in [-0.2, -0.15) is 0 Å². The Bertz CT molecular complexity index is 735. The van der Waals surface area contributed by atoms with E-state index in [4.69, 9.17) is 4.74 Å². The molecule has 0 aliphatic rings. The van der Waals surface area contributed by atoms with Crippen LogP contribution in [0.4, 0.5) is 4.79 Å². The number of aromatic nitrogens is 2. The predicted octanol–water partition coefficient (Wildman–Crippen LogP) is 1.29. The molecule has 0 aliphatic heterocycles. The number of H-pyrrole nitrogens is 1. The summed E-state index contributed by atoms with van der Waals surface area (Å²) in [6, 6.07) is 1.57. The molecule has 0 aromatic carbocycles. The molecule has 2 rings (SSSR count). The van der Waals surface area contributed by atoms with Crippen molar-refractivity contribution in [3.8, 4) is 0 Å². The van der Waals surface area contributed by atoms with E-state index in [9.17, 15) is 19.8 Å². The molecule has 2 atom stereocenters. The first kappa shape index (κ1) is 17.9. The SMILES string of the molecule is CC(C)(C)OC(=O)NCC(O)C(O)c1cnc2[nH]cc(C=O)c2c1. The van der Waals surface area contributed by atoms with E-state index in [1.807, 2.05) is 0 Å². The Labute approximate surface area is 138 Å². The second-order valence-corrected chi connectivity index (χ2v) is 6.42. The number of aldehydes is 1. The highest BCUT2D eigenvalue weighted by molar-refractivity contribution is 5.95. The van der Waals surface area contributed by atoms with Crippen LogP contribution in [-0.4, -0.2) is 50.8 Å². The number of nitrogens with one attached hydrogen (secondary N) is 2. The van der Waals surface area contributed by atoms with E-state index in [1.54, 1.807) is 26.8 Å². The van der Waals surface area contributed by atoms with Crippen LogP contribution in [0.1, 0.15) is 42.8 Å². The van der Waals surface area contributed by atoms with E-state index in [0.717, 1.165) is 0 Å². The minimum Gasteiger partial charge on any atom is -0.444 e. The van der Waals surface area contributed by atoms with Crippen molar-refractivity contribution in [1.82, 2.24) is 15.3 Å². The third-order valence-corrected chi connectivity index (χ3v) is 3.27. The van der Waals surface area contributed by atoms with E-state index < -0.39 is 23.9 Å². The molecule has 2 unspecified atom stereocenters. The quantitative estimate of drug-likeness (QED) is 0.610. The second-order valence-electron chi connectivity index (χ2n) is 6.42. The van der Waals surface area contributed by atoms with Gasteiger partial charge in [0, 0.05) is 35.5 Å². The molecule has 2 aromatic rings. The highest BCUT2D eigenvalue weighted by Gasteiger charge is 2.22. The van der Waals surface area contributed by atoms with Crippen molar-refractivity contribution in [2.75, 3.05) is 6.54 Å². The summed E-state index contributed by atoms with van der Waals surface area (Å²) in [4.78, 5) is 29.5. The first-order chi connectivity index (χ1) is 11.2. The van der Waals surface area contributed by atoms with Gasteiger partial charge in [0.25, 0.3) is 0 Å². The van der Waals surface area contributed by atoms with Crippen molar-refractivity contribution in [3.05, 3.63) is 29.6 Å². The molecule has 24 heavy (non-hydrogen) atoms. The van der Waals surface area contributed by atoms with Crippen LogP contribution in [-0.2, 0) is 4.74 Å². The molecule has 2 aromatic heterocycles. The molecule has 8 nitrogen and oxygen atoms in total. The zero-order valence-corrected chi connectivity index (χ0v) is 13.7. The number of aliphatic hydroxyl groups is 2. The lowest BCUT2D eigenvalue weighted by Gasteiger charge is -2.22. The maximum atomic E-state index is 11.6. The molecule has 2 heterocycles. The van der Waals surface area contributed by atoms with Gasteiger partial charge in [-0.3, -0.25) is 4.79 Å². The molecule has 0 saturated heterocycles. The number of hydrogen-bond donors (Lipinski definition) is 4. The van der Waals surface area contributed by atoms with Crippen LogP contribution >= 0.6 is 0 Å². The molecule has 0 aliphatic carbocycles. The van der Waals surface area contributed by atoms with Crippen LogP contribution in [0.25, 0.3) is 11.0 Å². The summed E-state index contributed by atoms with van der Waals surface area (Å²) in [5.41, 5.74) is 0.605. The maximum absolute atomic E-state index is 11.6. The van der Waals surface area contributed by atoms with Gasteiger partial charge in [-0.05, 0) is 26.8 Å². The fourth-order valence-corrected chi connectivity index (χ4v) is 2.13. The van der Waals surface area contributed by atoms with E-state index >= 15 is 0 Å². The number of fused-ring (bicyclic) bond motifs is 1. The summed E-state index contributed by atoms with van der Waals surface area (Å²) in [6.07, 6.45) is 0.380. The normalized spacial score (nSPS) is 14.2. The minimum atomic E-state index is -1.27. The van der Waals surface area contributed by atoms with Crippen molar-refractivity contribution < 1.29 is 24.5 Å². The molecule has 0 bridgehead atoms. The van der Waals surface area contributed by atoms with Gasteiger partial charge in [0.1, 0.15) is 23.5 Å². The minimum absolute atomic E-state index is 0.193. The standard InChI is InChI=1S/C16H21N3O5/c1-16(2,3)24-15(23)19-7-12(21)13(22)9-4-11-10(8-20)6-18-14(11)17-5-9/h4-6,8,12-13,21-22H,7H2,1-3H3,(H,17,18)(H,19,23). The fraction of sp³-hybridized carbons (Fsp3) is 0.438. The highest BCUT2D eigenvalue weighted by atomic mass is 16.6. The predicted molar refractivity (Wildman–Crippen MR) is 86.7 cm³/mol. The van der Waals surface area contributed by atoms with E-state index in [1.165, 1.54) is 12.4 Å². The van der Waals surface area contributed by atoms with Gasteiger partial charge in [-0.25, -0.2) is 9.78 Å². The number of carbonyl (C=O) groups is 2. The molecule has 4 N–H and O–H groups in total. The monoisotopic (exact) mass is 335 g/mol. The van der Waals surface area contributed by atoms with Crippen LogP contribution in [0.15, 0.2) is 18.5 Å². The average Bonchev–Trinajstić information content (AvgIpc) is 2.92. The fourth-order valence-electron chi connectivity index (χ4n) is 2.13. The lowest BCUT2D eigenvalue weighted by Crippen LogP contribution is -2.38. The summed E-state index contributed by atoms with van der Waals surface area (Å²) >= 11 is 0. The molecular formula is C16H21N3O5. The number of amides is 1. The number of carbonyl (C=O) groups excluding carboxylic acids is 2. The van der Waals surface area contributed by atoms with Crippen molar-refractivity contribution in [2.45, 2.75) is 38.6 Å². The summed E-state index contributed by atoms with van der Waals surface area (Å²) in [5, 5.41) is 23.2. The number of nitrogens with zero attached hydrogens (tertiary/aromatic N) is 1. The third-order valence-electron chi connectivity index (χ3n) is 3.27. The largest absolute Gasteiger partial charge is 0.444 e. The molecule has 0 saturated carbocycles. The molecule has 0 radical (unpaired) electrons. The molecule has 8 heteroatoms. The summed E-state index contributed by atoms with van der Waals surface area (Å²) in [6.45, 7) is 4.97. The van der Waals surface area contributed by atoms with Gasteiger partial charge in [0.2, 0.25) is 0 Å².